The molecule has 2 N–H and O–H groups in total. The number of nitrogens with zero attached hydrogens (tertiary/aromatic N) is 2. The molecule has 1 aliphatic carbocycles. The van der Waals surface area contributed by atoms with Crippen LogP contribution in [0.2, 0.25) is 0 Å². The number of carbonyl (C=O) groups excluding carboxylic acids is 2. The Labute approximate surface area is 179 Å². The van der Waals surface area contributed by atoms with Gasteiger partial charge in [0.15, 0.2) is 0 Å². The Bertz CT molecular complexity index is 766. The van der Waals surface area contributed by atoms with Gasteiger partial charge in [-0.25, -0.2) is 4.79 Å². The number of nitrogens with one attached hydrogen (secondary N) is 1. The highest BCUT2D eigenvalue weighted by Gasteiger charge is 2.34. The number of rotatable bonds is 5. The van der Waals surface area contributed by atoms with Crippen molar-refractivity contribution < 1.29 is 19.4 Å². The smallest absolute Gasteiger partial charge is 0.410 e. The molecule has 1 aromatic carbocycles. The first kappa shape index (κ1) is 22.4. The largest absolute Gasteiger partial charge is 0.508 e. The SMILES string of the molecule is CCC[C@@H](C(=O)N[C@H]1CCc2c(O)cccc21)N1CCN(C(=O)OC(C)(C)C)CC1. The van der Waals surface area contributed by atoms with Crippen LogP contribution in [-0.2, 0) is 16.0 Å². The van der Waals surface area contributed by atoms with Crippen LogP contribution in [0.5, 0.6) is 5.75 Å². The van der Waals surface area contributed by atoms with Gasteiger partial charge in [0.2, 0.25) is 5.91 Å². The van der Waals surface area contributed by atoms with Crippen molar-refractivity contribution in [3.63, 3.8) is 0 Å². The molecule has 2 aliphatic rings. The zero-order chi connectivity index (χ0) is 21.9. The molecule has 30 heavy (non-hydrogen) atoms. The first-order valence-electron chi connectivity index (χ1n) is 11.0. The summed E-state index contributed by atoms with van der Waals surface area (Å²) in [6.45, 7) is 10.1. The van der Waals surface area contributed by atoms with Gasteiger partial charge in [0.1, 0.15) is 11.4 Å². The fraction of sp³-hybridized carbons (Fsp3) is 0.652. The highest BCUT2D eigenvalue weighted by atomic mass is 16.6. The number of hydrogen-bond donors (Lipinski definition) is 2. The lowest BCUT2D eigenvalue weighted by atomic mass is 10.0. The normalized spacial score (nSPS) is 20.5. The molecule has 0 spiro atoms. The highest BCUT2D eigenvalue weighted by molar-refractivity contribution is 5.82. The van der Waals surface area contributed by atoms with Crippen molar-refractivity contribution in [2.45, 2.75) is 71.1 Å². The molecule has 2 amide bonds. The number of benzene rings is 1. The van der Waals surface area contributed by atoms with Crippen LogP contribution in [0, 0.1) is 0 Å². The van der Waals surface area contributed by atoms with Crippen molar-refractivity contribution in [2.24, 2.45) is 0 Å². The van der Waals surface area contributed by atoms with E-state index in [1.165, 1.54) is 0 Å². The number of hydrogen-bond acceptors (Lipinski definition) is 5. The molecule has 0 aromatic heterocycles. The standard InChI is InChI=1S/C23H35N3O4/c1-5-7-19(25-12-14-26(15-13-25)22(29)30-23(2,3)4)21(28)24-18-11-10-17-16(18)8-6-9-20(17)27/h6,8-9,18-19,27H,5,7,10-15H2,1-4H3,(H,24,28)/t18-,19-/m0/s1. The van der Waals surface area contributed by atoms with Crippen molar-refractivity contribution in [2.75, 3.05) is 26.2 Å². The van der Waals surface area contributed by atoms with E-state index in [4.69, 9.17) is 4.74 Å². The quantitative estimate of drug-likeness (QED) is 0.769. The van der Waals surface area contributed by atoms with E-state index in [2.05, 4.69) is 17.1 Å². The van der Waals surface area contributed by atoms with Gasteiger partial charge in [0.05, 0.1) is 12.1 Å². The van der Waals surface area contributed by atoms with Gasteiger partial charge in [-0.1, -0.05) is 25.5 Å². The summed E-state index contributed by atoms with van der Waals surface area (Å²) in [4.78, 5) is 29.4. The summed E-state index contributed by atoms with van der Waals surface area (Å²) in [5, 5.41) is 13.3. The van der Waals surface area contributed by atoms with Crippen LogP contribution in [0.1, 0.15) is 64.1 Å². The number of aromatic hydroxyl groups is 1. The lowest BCUT2D eigenvalue weighted by molar-refractivity contribution is -0.128. The molecule has 0 saturated carbocycles. The lowest BCUT2D eigenvalue weighted by Crippen LogP contribution is -2.56. The molecule has 1 aliphatic heterocycles. The van der Waals surface area contributed by atoms with Crippen LogP contribution >= 0.6 is 0 Å². The number of carbonyl (C=O) groups is 2. The van der Waals surface area contributed by atoms with E-state index in [-0.39, 0.29) is 24.1 Å². The molecule has 2 atom stereocenters. The summed E-state index contributed by atoms with van der Waals surface area (Å²) in [6.07, 6.45) is 2.98. The van der Waals surface area contributed by atoms with Crippen LogP contribution in [0.25, 0.3) is 0 Å². The zero-order valence-electron chi connectivity index (χ0n) is 18.6. The van der Waals surface area contributed by atoms with E-state index in [0.29, 0.717) is 31.9 Å². The second-order valence-corrected chi connectivity index (χ2v) is 9.25. The van der Waals surface area contributed by atoms with Gasteiger partial charge in [-0.3, -0.25) is 9.69 Å². The first-order chi connectivity index (χ1) is 14.2. The molecule has 1 heterocycles. The first-order valence-corrected chi connectivity index (χ1v) is 11.0. The minimum atomic E-state index is -0.509. The summed E-state index contributed by atoms with van der Waals surface area (Å²) in [7, 11) is 0. The lowest BCUT2D eigenvalue weighted by Gasteiger charge is -2.39. The number of amides is 2. The van der Waals surface area contributed by atoms with Gasteiger partial charge in [0.25, 0.3) is 0 Å². The molecule has 3 rings (SSSR count). The van der Waals surface area contributed by atoms with Crippen molar-refractivity contribution in [1.82, 2.24) is 15.1 Å². The Morgan fingerprint density at radius 3 is 2.57 bits per heavy atom. The topological polar surface area (TPSA) is 82.1 Å². The fourth-order valence-electron chi connectivity index (χ4n) is 4.35. The van der Waals surface area contributed by atoms with Gasteiger partial charge in [0, 0.05) is 26.2 Å². The Balaban J connectivity index is 1.60. The summed E-state index contributed by atoms with van der Waals surface area (Å²) in [6, 6.07) is 5.26. The average Bonchev–Trinajstić information content (AvgIpc) is 3.09. The van der Waals surface area contributed by atoms with Crippen molar-refractivity contribution >= 4 is 12.0 Å². The van der Waals surface area contributed by atoms with E-state index in [1.54, 1.807) is 11.0 Å². The third-order valence-corrected chi connectivity index (χ3v) is 5.83. The third kappa shape index (κ3) is 5.25. The van der Waals surface area contributed by atoms with Gasteiger partial charge in [-0.05, 0) is 57.2 Å². The number of phenols is 1. The maximum atomic E-state index is 13.2. The van der Waals surface area contributed by atoms with E-state index in [9.17, 15) is 14.7 Å². The van der Waals surface area contributed by atoms with Crippen molar-refractivity contribution in [3.8, 4) is 5.75 Å². The van der Waals surface area contributed by atoms with Crippen LogP contribution in [0.4, 0.5) is 4.79 Å². The average molecular weight is 418 g/mol. The predicted molar refractivity (Wildman–Crippen MR) is 115 cm³/mol. The Morgan fingerprint density at radius 1 is 1.23 bits per heavy atom. The predicted octanol–water partition coefficient (Wildman–Crippen LogP) is 3.22. The molecule has 1 saturated heterocycles. The second-order valence-electron chi connectivity index (χ2n) is 9.25. The van der Waals surface area contributed by atoms with Crippen LogP contribution in [0.15, 0.2) is 18.2 Å². The number of ether oxygens (including phenoxy) is 1. The van der Waals surface area contributed by atoms with Crippen molar-refractivity contribution in [1.29, 1.82) is 0 Å². The molecule has 7 heteroatoms. The van der Waals surface area contributed by atoms with Crippen LogP contribution in [-0.4, -0.2) is 64.7 Å². The Kier molecular flexibility index (Phi) is 6.91. The Morgan fingerprint density at radius 2 is 1.93 bits per heavy atom. The molecule has 0 unspecified atom stereocenters. The van der Waals surface area contributed by atoms with Gasteiger partial charge in [-0.15, -0.1) is 0 Å². The summed E-state index contributed by atoms with van der Waals surface area (Å²) in [5.74, 6) is 0.344. The molecule has 1 fully saturated rings. The maximum Gasteiger partial charge on any atom is 0.410 e. The van der Waals surface area contributed by atoms with E-state index < -0.39 is 5.60 Å². The molecule has 7 nitrogen and oxygen atoms in total. The van der Waals surface area contributed by atoms with Gasteiger partial charge >= 0.3 is 6.09 Å². The van der Waals surface area contributed by atoms with Crippen LogP contribution < -0.4 is 5.32 Å². The van der Waals surface area contributed by atoms with E-state index >= 15 is 0 Å². The maximum absolute atomic E-state index is 13.2. The number of phenolic OH excluding ortho intramolecular Hbond substituents is 1. The summed E-state index contributed by atoms with van der Waals surface area (Å²) >= 11 is 0. The Hall–Kier alpha value is -2.28. The molecule has 0 bridgehead atoms. The van der Waals surface area contributed by atoms with Gasteiger partial charge < -0.3 is 20.1 Å². The fourth-order valence-corrected chi connectivity index (χ4v) is 4.35. The number of fused-ring (bicyclic) bond motifs is 1. The van der Waals surface area contributed by atoms with Crippen molar-refractivity contribution in [3.05, 3.63) is 29.3 Å². The second kappa shape index (κ2) is 9.25. The highest BCUT2D eigenvalue weighted by Crippen LogP contribution is 2.36. The van der Waals surface area contributed by atoms with Crippen LogP contribution in [0.3, 0.4) is 0 Å². The summed E-state index contributed by atoms with van der Waals surface area (Å²) < 4.78 is 5.47. The zero-order valence-corrected chi connectivity index (χ0v) is 18.6. The molecule has 0 radical (unpaired) electrons. The molecular weight excluding hydrogens is 382 g/mol. The summed E-state index contributed by atoms with van der Waals surface area (Å²) in [5.41, 5.74) is 1.46. The number of piperazine rings is 1. The molecule has 166 valence electrons. The van der Waals surface area contributed by atoms with E-state index in [1.807, 2.05) is 32.9 Å². The minimum absolute atomic E-state index is 0.0313. The molecular formula is C23H35N3O4. The van der Waals surface area contributed by atoms with E-state index in [0.717, 1.165) is 36.8 Å². The van der Waals surface area contributed by atoms with Gasteiger partial charge in [-0.2, -0.15) is 0 Å². The monoisotopic (exact) mass is 417 g/mol. The third-order valence-electron chi connectivity index (χ3n) is 5.83. The molecule has 1 aromatic rings. The minimum Gasteiger partial charge on any atom is -0.508 e.